The molecule has 1 amide bonds. The molecule has 0 radical (unpaired) electrons. The molecular weight excluding hydrogens is 405 g/mol. The summed E-state index contributed by atoms with van der Waals surface area (Å²) in [6.07, 6.45) is 1.81. The molecule has 6 nitrogen and oxygen atoms in total. The van der Waals surface area contributed by atoms with Crippen LogP contribution in [-0.4, -0.2) is 55.8 Å². The number of rotatable bonds is 5. The number of likely N-dealkylation sites (tertiary alicyclic amines) is 1. The van der Waals surface area contributed by atoms with Gasteiger partial charge in [0.25, 0.3) is 0 Å². The van der Waals surface area contributed by atoms with Crippen molar-refractivity contribution in [2.24, 2.45) is 5.92 Å². The van der Waals surface area contributed by atoms with Crippen molar-refractivity contribution in [3.8, 4) is 0 Å². The van der Waals surface area contributed by atoms with E-state index in [1.807, 2.05) is 35.2 Å². The van der Waals surface area contributed by atoms with E-state index in [2.05, 4.69) is 5.32 Å². The number of nitrogens with zero attached hydrogens (tertiary/aromatic N) is 2. The zero-order valence-corrected chi connectivity index (χ0v) is 17.5. The van der Waals surface area contributed by atoms with Gasteiger partial charge in [-0.05, 0) is 43.5 Å². The van der Waals surface area contributed by atoms with Crippen molar-refractivity contribution >= 4 is 21.6 Å². The van der Waals surface area contributed by atoms with E-state index in [4.69, 9.17) is 0 Å². The largest absolute Gasteiger partial charge is 0.380 e. The molecule has 2 saturated heterocycles. The van der Waals surface area contributed by atoms with Gasteiger partial charge in [0, 0.05) is 43.8 Å². The van der Waals surface area contributed by atoms with Crippen LogP contribution in [0.1, 0.15) is 19.3 Å². The minimum absolute atomic E-state index is 0.0929. The molecule has 8 heteroatoms. The van der Waals surface area contributed by atoms with E-state index < -0.39 is 15.8 Å². The molecule has 4 rings (SSSR count). The maximum Gasteiger partial charge on any atom is 0.245 e. The second-order valence-corrected chi connectivity index (χ2v) is 9.80. The van der Waals surface area contributed by atoms with Crippen LogP contribution in [0.2, 0.25) is 0 Å². The number of anilines is 1. The van der Waals surface area contributed by atoms with E-state index in [1.54, 1.807) is 0 Å². The lowest BCUT2D eigenvalue weighted by Gasteiger charge is -2.32. The summed E-state index contributed by atoms with van der Waals surface area (Å²) >= 11 is 0. The lowest BCUT2D eigenvalue weighted by atomic mass is 9.96. The van der Waals surface area contributed by atoms with Crippen molar-refractivity contribution in [2.45, 2.75) is 30.2 Å². The maximum absolute atomic E-state index is 14.0. The van der Waals surface area contributed by atoms with E-state index in [9.17, 15) is 17.6 Å². The molecule has 1 unspecified atom stereocenters. The molecule has 2 aromatic carbocycles. The molecule has 1 N–H and O–H groups in total. The van der Waals surface area contributed by atoms with Crippen LogP contribution in [0.15, 0.2) is 59.5 Å². The van der Waals surface area contributed by atoms with Gasteiger partial charge >= 0.3 is 0 Å². The summed E-state index contributed by atoms with van der Waals surface area (Å²) in [5, 5.41) is 3.46. The standard InChI is InChI=1S/C22H26FN3O3S/c23-20-8-4-5-9-21(20)30(28,29)26-14-10-17(11-15-26)22(27)25-13-12-19(16-25)24-18-6-2-1-3-7-18/h1-9,17,19,24H,10-16H2. The molecule has 2 aliphatic heterocycles. The summed E-state index contributed by atoms with van der Waals surface area (Å²) in [5.41, 5.74) is 1.04. The number of carbonyl (C=O) groups excluding carboxylic acids is 1. The second-order valence-electron chi connectivity index (χ2n) is 7.89. The SMILES string of the molecule is O=C(C1CCN(S(=O)(=O)c2ccccc2F)CC1)N1CCC(Nc2ccccc2)C1. The highest BCUT2D eigenvalue weighted by Crippen LogP contribution is 2.27. The van der Waals surface area contributed by atoms with Crippen molar-refractivity contribution in [3.63, 3.8) is 0 Å². The fourth-order valence-electron chi connectivity index (χ4n) is 4.24. The molecule has 1 atom stereocenters. The number of sulfonamides is 1. The van der Waals surface area contributed by atoms with Crippen molar-refractivity contribution in [3.05, 3.63) is 60.4 Å². The van der Waals surface area contributed by atoms with Crippen LogP contribution in [0.5, 0.6) is 0 Å². The lowest BCUT2D eigenvalue weighted by Crippen LogP contribution is -2.44. The minimum atomic E-state index is -3.88. The van der Waals surface area contributed by atoms with E-state index >= 15 is 0 Å². The van der Waals surface area contributed by atoms with Crippen molar-refractivity contribution < 1.29 is 17.6 Å². The Kier molecular flexibility index (Phi) is 6.06. The van der Waals surface area contributed by atoms with Crippen LogP contribution in [0.4, 0.5) is 10.1 Å². The zero-order valence-electron chi connectivity index (χ0n) is 16.7. The first-order valence-electron chi connectivity index (χ1n) is 10.3. The van der Waals surface area contributed by atoms with Crippen LogP contribution >= 0.6 is 0 Å². The number of amides is 1. The summed E-state index contributed by atoms with van der Waals surface area (Å²) in [5.74, 6) is -0.840. The number of para-hydroxylation sites is 1. The first-order chi connectivity index (χ1) is 14.4. The molecule has 0 aromatic heterocycles. The van der Waals surface area contributed by atoms with E-state index in [1.165, 1.54) is 22.5 Å². The topological polar surface area (TPSA) is 69.7 Å². The predicted octanol–water partition coefficient (Wildman–Crippen LogP) is 2.94. The maximum atomic E-state index is 14.0. The zero-order chi connectivity index (χ0) is 21.1. The minimum Gasteiger partial charge on any atom is -0.380 e. The number of nitrogens with one attached hydrogen (secondary N) is 1. The normalized spacial score (nSPS) is 21.0. The van der Waals surface area contributed by atoms with Crippen LogP contribution in [0.25, 0.3) is 0 Å². The molecule has 0 bridgehead atoms. The molecule has 30 heavy (non-hydrogen) atoms. The number of hydrogen-bond acceptors (Lipinski definition) is 4. The molecule has 2 fully saturated rings. The average Bonchev–Trinajstić information content (AvgIpc) is 3.22. The van der Waals surface area contributed by atoms with Crippen molar-refractivity contribution in [1.29, 1.82) is 0 Å². The Morgan fingerprint density at radius 2 is 1.60 bits per heavy atom. The number of benzene rings is 2. The Hall–Kier alpha value is -2.45. The second kappa shape index (κ2) is 8.73. The monoisotopic (exact) mass is 431 g/mol. The number of hydrogen-bond donors (Lipinski definition) is 1. The predicted molar refractivity (Wildman–Crippen MR) is 113 cm³/mol. The summed E-state index contributed by atoms with van der Waals surface area (Å²) in [4.78, 5) is 14.5. The summed E-state index contributed by atoms with van der Waals surface area (Å²) in [6, 6.07) is 15.6. The Labute approximate surface area is 176 Å². The molecule has 0 spiro atoms. The fourth-order valence-corrected chi connectivity index (χ4v) is 5.78. The Balaban J connectivity index is 1.32. The van der Waals surface area contributed by atoms with Crippen LogP contribution in [0, 0.1) is 11.7 Å². The Morgan fingerprint density at radius 3 is 2.30 bits per heavy atom. The third kappa shape index (κ3) is 4.34. The molecule has 2 heterocycles. The van der Waals surface area contributed by atoms with Gasteiger partial charge in [0.1, 0.15) is 10.7 Å². The fraction of sp³-hybridized carbons (Fsp3) is 0.409. The highest BCUT2D eigenvalue weighted by Gasteiger charge is 2.36. The lowest BCUT2D eigenvalue weighted by molar-refractivity contribution is -0.135. The van der Waals surface area contributed by atoms with E-state index in [0.717, 1.165) is 18.2 Å². The van der Waals surface area contributed by atoms with Gasteiger partial charge in [-0.3, -0.25) is 4.79 Å². The Morgan fingerprint density at radius 1 is 0.933 bits per heavy atom. The van der Waals surface area contributed by atoms with Crippen LogP contribution < -0.4 is 5.32 Å². The summed E-state index contributed by atoms with van der Waals surface area (Å²) in [6.45, 7) is 1.82. The van der Waals surface area contributed by atoms with Gasteiger partial charge in [0.05, 0.1) is 0 Å². The van der Waals surface area contributed by atoms with Gasteiger partial charge in [0.15, 0.2) is 0 Å². The first-order valence-corrected chi connectivity index (χ1v) is 11.7. The van der Waals surface area contributed by atoms with Gasteiger partial charge < -0.3 is 10.2 Å². The molecule has 0 saturated carbocycles. The third-order valence-electron chi connectivity index (χ3n) is 5.90. The molecule has 2 aromatic rings. The number of carbonyl (C=O) groups is 1. The first kappa shape index (κ1) is 20.8. The van der Waals surface area contributed by atoms with Crippen molar-refractivity contribution in [2.75, 3.05) is 31.5 Å². The summed E-state index contributed by atoms with van der Waals surface area (Å²) in [7, 11) is -3.88. The van der Waals surface area contributed by atoms with E-state index in [-0.39, 0.29) is 35.9 Å². The van der Waals surface area contributed by atoms with Gasteiger partial charge in [-0.1, -0.05) is 30.3 Å². The highest BCUT2D eigenvalue weighted by atomic mass is 32.2. The third-order valence-corrected chi connectivity index (χ3v) is 7.83. The van der Waals surface area contributed by atoms with Gasteiger partial charge in [-0.25, -0.2) is 12.8 Å². The van der Waals surface area contributed by atoms with Crippen molar-refractivity contribution in [1.82, 2.24) is 9.21 Å². The number of piperidine rings is 1. The van der Waals surface area contributed by atoms with Gasteiger partial charge in [-0.2, -0.15) is 4.31 Å². The van der Waals surface area contributed by atoms with Crippen LogP contribution in [0.3, 0.4) is 0 Å². The van der Waals surface area contributed by atoms with Crippen LogP contribution in [-0.2, 0) is 14.8 Å². The average molecular weight is 432 g/mol. The van der Waals surface area contributed by atoms with Gasteiger partial charge in [-0.15, -0.1) is 0 Å². The molecule has 160 valence electrons. The Bertz CT molecular complexity index is 992. The van der Waals surface area contributed by atoms with E-state index in [0.29, 0.717) is 25.9 Å². The molecule has 0 aliphatic carbocycles. The molecule has 2 aliphatic rings. The number of halogens is 1. The summed E-state index contributed by atoms with van der Waals surface area (Å²) < 4.78 is 40.7. The smallest absolute Gasteiger partial charge is 0.245 e. The highest BCUT2D eigenvalue weighted by molar-refractivity contribution is 7.89. The molecular formula is C22H26FN3O3S. The quantitative estimate of drug-likeness (QED) is 0.790. The van der Waals surface area contributed by atoms with Gasteiger partial charge in [0.2, 0.25) is 15.9 Å².